The van der Waals surface area contributed by atoms with Crippen LogP contribution in [0.15, 0.2) is 24.7 Å². The van der Waals surface area contributed by atoms with E-state index in [1.165, 1.54) is 18.3 Å². The Kier molecular flexibility index (Phi) is 5.15. The minimum atomic E-state index is -4.61. The zero-order chi connectivity index (χ0) is 19.6. The predicted molar refractivity (Wildman–Crippen MR) is 94.1 cm³/mol. The number of ether oxygens (including phenoxy) is 1. The summed E-state index contributed by atoms with van der Waals surface area (Å²) < 4.78 is 46.4. The average Bonchev–Trinajstić information content (AvgIpc) is 3.14. The van der Waals surface area contributed by atoms with E-state index in [1.807, 2.05) is 0 Å². The molecule has 0 radical (unpaired) electrons. The van der Waals surface area contributed by atoms with E-state index in [1.54, 1.807) is 24.1 Å². The van der Waals surface area contributed by atoms with Gasteiger partial charge in [0.1, 0.15) is 12.2 Å². The summed E-state index contributed by atoms with van der Waals surface area (Å²) in [7, 11) is 1.43. The number of benzene rings is 1. The standard InChI is InChI=1S/C17H20F3N5O2/c1-3-25(16(26)21-2)12-6-13(17(18,19)20)15-14(7-12)24(4-5-27-15)9-11-8-22-10-23-11/h6-8,10H,3-5,9H2,1-2H3,(H,21,26)(H,22,23). The molecule has 0 saturated carbocycles. The molecule has 1 aromatic carbocycles. The maximum Gasteiger partial charge on any atom is 0.420 e. The van der Waals surface area contributed by atoms with E-state index < -0.39 is 17.8 Å². The number of nitrogens with zero attached hydrogens (tertiary/aromatic N) is 3. The fraction of sp³-hybridized carbons (Fsp3) is 0.412. The van der Waals surface area contributed by atoms with Crippen LogP contribution < -0.4 is 19.9 Å². The number of rotatable bonds is 4. The summed E-state index contributed by atoms with van der Waals surface area (Å²) >= 11 is 0. The first-order valence-corrected chi connectivity index (χ1v) is 8.44. The van der Waals surface area contributed by atoms with Crippen LogP contribution in [0.5, 0.6) is 5.75 Å². The summed E-state index contributed by atoms with van der Waals surface area (Å²) in [6, 6.07) is 2.03. The summed E-state index contributed by atoms with van der Waals surface area (Å²) in [6.07, 6.45) is -1.48. The molecule has 146 valence electrons. The van der Waals surface area contributed by atoms with E-state index in [-0.39, 0.29) is 24.6 Å². The van der Waals surface area contributed by atoms with Gasteiger partial charge in [0, 0.05) is 25.5 Å². The summed E-state index contributed by atoms with van der Waals surface area (Å²) in [5.41, 5.74) is 0.318. The number of imidazole rings is 1. The van der Waals surface area contributed by atoms with Gasteiger partial charge in [-0.25, -0.2) is 9.78 Å². The van der Waals surface area contributed by atoms with E-state index >= 15 is 0 Å². The van der Waals surface area contributed by atoms with Crippen LogP contribution in [0.25, 0.3) is 0 Å². The maximum absolute atomic E-state index is 13.7. The van der Waals surface area contributed by atoms with E-state index in [0.29, 0.717) is 18.8 Å². The summed E-state index contributed by atoms with van der Waals surface area (Å²) in [4.78, 5) is 22.0. The Balaban J connectivity index is 2.11. The number of aromatic amines is 1. The van der Waals surface area contributed by atoms with Crippen LogP contribution in [-0.4, -0.2) is 42.7 Å². The van der Waals surface area contributed by atoms with E-state index in [0.717, 1.165) is 11.8 Å². The van der Waals surface area contributed by atoms with Gasteiger partial charge in [0.15, 0.2) is 5.75 Å². The van der Waals surface area contributed by atoms with Gasteiger partial charge in [0.2, 0.25) is 0 Å². The Morgan fingerprint density at radius 3 is 2.81 bits per heavy atom. The van der Waals surface area contributed by atoms with Gasteiger partial charge >= 0.3 is 12.2 Å². The van der Waals surface area contributed by atoms with Crippen molar-refractivity contribution < 1.29 is 22.7 Å². The van der Waals surface area contributed by atoms with Crippen LogP contribution in [0.1, 0.15) is 18.2 Å². The number of H-pyrrole nitrogens is 1. The molecular formula is C17H20F3N5O2. The number of carbonyl (C=O) groups is 1. The first kappa shape index (κ1) is 18.9. The smallest absolute Gasteiger partial charge is 0.420 e. The third-order valence-electron chi connectivity index (χ3n) is 4.31. The van der Waals surface area contributed by atoms with Gasteiger partial charge in [0.05, 0.1) is 30.8 Å². The fourth-order valence-corrected chi connectivity index (χ4v) is 3.05. The number of urea groups is 1. The van der Waals surface area contributed by atoms with Crippen molar-refractivity contribution in [1.29, 1.82) is 0 Å². The molecule has 2 N–H and O–H groups in total. The monoisotopic (exact) mass is 383 g/mol. The van der Waals surface area contributed by atoms with Gasteiger partial charge in [0.25, 0.3) is 0 Å². The topological polar surface area (TPSA) is 73.5 Å². The summed E-state index contributed by atoms with van der Waals surface area (Å²) in [5.74, 6) is -0.218. The third-order valence-corrected chi connectivity index (χ3v) is 4.31. The van der Waals surface area contributed by atoms with Crippen molar-refractivity contribution in [2.45, 2.75) is 19.6 Å². The minimum Gasteiger partial charge on any atom is -0.489 e. The SMILES string of the molecule is CCN(C(=O)NC)c1cc2c(c(C(F)(F)F)c1)OCCN2Cc1cnc[nH]1. The quantitative estimate of drug-likeness (QED) is 0.851. The first-order valence-electron chi connectivity index (χ1n) is 8.44. The third kappa shape index (κ3) is 3.79. The molecule has 2 amide bonds. The predicted octanol–water partition coefficient (Wildman–Crippen LogP) is 2.99. The molecule has 0 atom stereocenters. The van der Waals surface area contributed by atoms with Gasteiger partial charge < -0.3 is 19.9 Å². The zero-order valence-corrected chi connectivity index (χ0v) is 14.9. The normalized spacial score (nSPS) is 13.7. The maximum atomic E-state index is 13.7. The molecule has 7 nitrogen and oxygen atoms in total. The number of amides is 2. The van der Waals surface area contributed by atoms with Crippen molar-refractivity contribution in [2.75, 3.05) is 36.5 Å². The number of anilines is 2. The molecule has 27 heavy (non-hydrogen) atoms. The van der Waals surface area contributed by atoms with Crippen LogP contribution in [0, 0.1) is 0 Å². The highest BCUT2D eigenvalue weighted by atomic mass is 19.4. The highest BCUT2D eigenvalue weighted by molar-refractivity contribution is 5.93. The molecule has 0 fully saturated rings. The van der Waals surface area contributed by atoms with Crippen LogP contribution in [0.2, 0.25) is 0 Å². The van der Waals surface area contributed by atoms with Crippen molar-refractivity contribution >= 4 is 17.4 Å². The minimum absolute atomic E-state index is 0.135. The van der Waals surface area contributed by atoms with Crippen molar-refractivity contribution in [3.63, 3.8) is 0 Å². The fourth-order valence-electron chi connectivity index (χ4n) is 3.05. The molecule has 0 saturated heterocycles. The number of aromatic nitrogens is 2. The number of carbonyl (C=O) groups excluding carboxylic acids is 1. The number of hydrogen-bond donors (Lipinski definition) is 2. The van der Waals surface area contributed by atoms with Crippen LogP contribution in [0.4, 0.5) is 29.3 Å². The lowest BCUT2D eigenvalue weighted by Gasteiger charge is -2.34. The number of alkyl halides is 3. The summed E-state index contributed by atoms with van der Waals surface area (Å²) in [6.45, 7) is 2.82. The van der Waals surface area contributed by atoms with Crippen molar-refractivity contribution in [1.82, 2.24) is 15.3 Å². The van der Waals surface area contributed by atoms with E-state index in [9.17, 15) is 18.0 Å². The molecule has 1 aromatic heterocycles. The lowest BCUT2D eigenvalue weighted by atomic mass is 10.1. The Hall–Kier alpha value is -2.91. The lowest BCUT2D eigenvalue weighted by Crippen LogP contribution is -2.39. The van der Waals surface area contributed by atoms with Crippen LogP contribution >= 0.6 is 0 Å². The van der Waals surface area contributed by atoms with Crippen LogP contribution in [0.3, 0.4) is 0 Å². The molecule has 3 rings (SSSR count). The molecule has 0 unspecified atom stereocenters. The molecule has 10 heteroatoms. The van der Waals surface area contributed by atoms with Gasteiger partial charge in [-0.15, -0.1) is 0 Å². The van der Waals surface area contributed by atoms with Crippen LogP contribution in [-0.2, 0) is 12.7 Å². The molecule has 0 bridgehead atoms. The number of halogens is 3. The van der Waals surface area contributed by atoms with Crippen molar-refractivity contribution in [3.05, 3.63) is 35.9 Å². The average molecular weight is 383 g/mol. The van der Waals surface area contributed by atoms with Gasteiger partial charge in [-0.2, -0.15) is 13.2 Å². The second-order valence-electron chi connectivity index (χ2n) is 5.99. The largest absolute Gasteiger partial charge is 0.489 e. The highest BCUT2D eigenvalue weighted by Gasteiger charge is 2.39. The zero-order valence-electron chi connectivity index (χ0n) is 14.9. The summed E-state index contributed by atoms with van der Waals surface area (Å²) in [5, 5.41) is 2.45. The number of fused-ring (bicyclic) bond motifs is 1. The lowest BCUT2D eigenvalue weighted by molar-refractivity contribution is -0.138. The second-order valence-corrected chi connectivity index (χ2v) is 5.99. The van der Waals surface area contributed by atoms with E-state index in [2.05, 4.69) is 15.3 Å². The van der Waals surface area contributed by atoms with Gasteiger partial charge in [-0.1, -0.05) is 0 Å². The molecule has 2 aromatic rings. The highest BCUT2D eigenvalue weighted by Crippen LogP contribution is 2.46. The van der Waals surface area contributed by atoms with Crippen molar-refractivity contribution in [2.24, 2.45) is 0 Å². The Morgan fingerprint density at radius 1 is 1.44 bits per heavy atom. The molecule has 1 aliphatic heterocycles. The molecule has 0 spiro atoms. The van der Waals surface area contributed by atoms with Gasteiger partial charge in [-0.3, -0.25) is 4.90 Å². The van der Waals surface area contributed by atoms with E-state index in [4.69, 9.17) is 4.74 Å². The number of nitrogens with one attached hydrogen (secondary N) is 2. The second kappa shape index (κ2) is 7.37. The first-order chi connectivity index (χ1) is 12.8. The Bertz CT molecular complexity index is 808. The molecule has 2 heterocycles. The molecule has 1 aliphatic rings. The van der Waals surface area contributed by atoms with Crippen molar-refractivity contribution in [3.8, 4) is 5.75 Å². The van der Waals surface area contributed by atoms with Gasteiger partial charge in [-0.05, 0) is 19.1 Å². The Labute approximate surface area is 154 Å². The molecular weight excluding hydrogens is 363 g/mol. The Morgan fingerprint density at radius 2 is 2.22 bits per heavy atom. The number of hydrogen-bond acceptors (Lipinski definition) is 4. The molecule has 0 aliphatic carbocycles.